The van der Waals surface area contributed by atoms with E-state index in [2.05, 4.69) is 22.4 Å². The lowest BCUT2D eigenvalue weighted by Crippen LogP contribution is -2.31. The van der Waals surface area contributed by atoms with E-state index in [-0.39, 0.29) is 16.5 Å². The van der Waals surface area contributed by atoms with Crippen molar-refractivity contribution in [2.75, 3.05) is 6.54 Å². The molecule has 0 aliphatic heterocycles. The Balaban J connectivity index is 2.62. The van der Waals surface area contributed by atoms with Crippen LogP contribution in [0.25, 0.3) is 0 Å². The Kier molecular flexibility index (Phi) is 5.41. The van der Waals surface area contributed by atoms with E-state index in [9.17, 15) is 10.2 Å². The van der Waals surface area contributed by atoms with Crippen molar-refractivity contribution < 1.29 is 10.2 Å². The van der Waals surface area contributed by atoms with Crippen LogP contribution in [0.3, 0.4) is 0 Å². The van der Waals surface area contributed by atoms with Crippen molar-refractivity contribution in [2.45, 2.75) is 0 Å². The molecule has 0 bridgehead atoms. The molecule has 0 aliphatic rings. The van der Waals surface area contributed by atoms with Crippen LogP contribution in [0.15, 0.2) is 29.9 Å². The number of thiocarbonyl (C=S) groups is 1. The highest BCUT2D eigenvalue weighted by atomic mass is 35.5. The van der Waals surface area contributed by atoms with Crippen LogP contribution in [0.2, 0.25) is 5.02 Å². The van der Waals surface area contributed by atoms with Crippen molar-refractivity contribution in [3.05, 3.63) is 35.4 Å². The van der Waals surface area contributed by atoms with Crippen LogP contribution in [-0.2, 0) is 0 Å². The molecule has 96 valence electrons. The maximum Gasteiger partial charge on any atom is 0.187 e. The molecule has 0 fully saturated rings. The first-order chi connectivity index (χ1) is 8.54. The number of nitrogens with one attached hydrogen (secondary N) is 2. The van der Waals surface area contributed by atoms with Crippen molar-refractivity contribution in [3.8, 4) is 11.5 Å². The number of halogens is 1. The van der Waals surface area contributed by atoms with Gasteiger partial charge in [0, 0.05) is 6.54 Å². The molecule has 0 radical (unpaired) electrons. The highest BCUT2D eigenvalue weighted by Gasteiger charge is 2.05. The molecular formula is C11H12ClN3O2S. The number of rotatable bonds is 4. The van der Waals surface area contributed by atoms with E-state index in [0.717, 1.165) is 0 Å². The highest BCUT2D eigenvalue weighted by Crippen LogP contribution is 2.33. The minimum atomic E-state index is -0.357. The van der Waals surface area contributed by atoms with Crippen LogP contribution in [0, 0.1) is 0 Å². The van der Waals surface area contributed by atoms with E-state index in [4.69, 9.17) is 23.8 Å². The quantitative estimate of drug-likeness (QED) is 0.223. The predicted molar refractivity (Wildman–Crippen MR) is 76.3 cm³/mol. The molecule has 5 nitrogen and oxygen atoms in total. The lowest BCUT2D eigenvalue weighted by Gasteiger charge is -2.04. The molecule has 0 saturated carbocycles. The first-order valence-corrected chi connectivity index (χ1v) is 5.72. The van der Waals surface area contributed by atoms with Gasteiger partial charge in [0.2, 0.25) is 0 Å². The number of phenols is 2. The van der Waals surface area contributed by atoms with Gasteiger partial charge >= 0.3 is 0 Å². The Bertz CT molecular complexity index is 468. The van der Waals surface area contributed by atoms with Crippen molar-refractivity contribution in [1.82, 2.24) is 10.7 Å². The second-order valence-corrected chi connectivity index (χ2v) is 4.05. The van der Waals surface area contributed by atoms with Gasteiger partial charge in [-0.25, -0.2) is 0 Å². The molecule has 0 aromatic heterocycles. The molecule has 0 heterocycles. The Morgan fingerprint density at radius 3 is 2.83 bits per heavy atom. The molecule has 0 atom stereocenters. The fraction of sp³-hybridized carbons (Fsp3) is 0.0909. The van der Waals surface area contributed by atoms with Crippen LogP contribution >= 0.6 is 23.8 Å². The Labute approximate surface area is 115 Å². The highest BCUT2D eigenvalue weighted by molar-refractivity contribution is 7.80. The van der Waals surface area contributed by atoms with Crippen LogP contribution in [0.5, 0.6) is 11.5 Å². The van der Waals surface area contributed by atoms with Gasteiger partial charge in [0.1, 0.15) is 0 Å². The van der Waals surface area contributed by atoms with E-state index in [1.807, 2.05) is 0 Å². The maximum atomic E-state index is 9.34. The molecule has 4 N–H and O–H groups in total. The molecule has 1 rings (SSSR count). The topological polar surface area (TPSA) is 76.9 Å². The molecule has 1 aromatic rings. The first kappa shape index (κ1) is 14.3. The molecule has 0 unspecified atom stereocenters. The van der Waals surface area contributed by atoms with E-state index in [1.54, 1.807) is 6.08 Å². The number of nitrogens with zero attached hydrogens (tertiary/aromatic N) is 1. The Morgan fingerprint density at radius 1 is 1.50 bits per heavy atom. The number of phenolic OH excluding ortho intramolecular Hbond substituents is 2. The number of hydrazone groups is 1. The summed E-state index contributed by atoms with van der Waals surface area (Å²) >= 11 is 10.6. The van der Waals surface area contributed by atoms with Gasteiger partial charge in [-0.05, 0) is 29.9 Å². The number of aromatic hydroxyl groups is 2. The van der Waals surface area contributed by atoms with Crippen molar-refractivity contribution in [1.29, 1.82) is 0 Å². The van der Waals surface area contributed by atoms with Gasteiger partial charge in [0.15, 0.2) is 16.6 Å². The smallest absolute Gasteiger partial charge is 0.187 e. The Hall–Kier alpha value is -1.79. The third-order valence-electron chi connectivity index (χ3n) is 1.85. The summed E-state index contributed by atoms with van der Waals surface area (Å²) in [6.45, 7) is 4.07. The molecule has 0 saturated heterocycles. The Morgan fingerprint density at radius 2 is 2.22 bits per heavy atom. The average Bonchev–Trinajstić information content (AvgIpc) is 2.33. The van der Waals surface area contributed by atoms with Crippen LogP contribution < -0.4 is 10.7 Å². The number of benzene rings is 1. The standard InChI is InChI=1S/C11H12ClN3O2S/c1-2-3-13-11(18)15-14-6-7-4-8(12)10(17)9(16)5-7/h2,4-6,16-17H,1,3H2,(H2,13,15,18)/b14-6+. The van der Waals surface area contributed by atoms with Gasteiger partial charge in [0.05, 0.1) is 11.2 Å². The van der Waals surface area contributed by atoms with Crippen LogP contribution in [-0.4, -0.2) is 28.1 Å². The SMILES string of the molecule is C=CCNC(=S)N/N=C/c1cc(O)c(O)c(Cl)c1. The minimum absolute atomic E-state index is 0.0452. The van der Waals surface area contributed by atoms with Crippen molar-refractivity contribution in [2.24, 2.45) is 5.10 Å². The second-order valence-electron chi connectivity index (χ2n) is 3.24. The van der Waals surface area contributed by atoms with E-state index < -0.39 is 0 Å². The van der Waals surface area contributed by atoms with E-state index >= 15 is 0 Å². The monoisotopic (exact) mass is 285 g/mol. The van der Waals surface area contributed by atoms with Gasteiger partial charge in [-0.3, -0.25) is 5.43 Å². The molecular weight excluding hydrogens is 274 g/mol. The second kappa shape index (κ2) is 6.83. The van der Waals surface area contributed by atoms with Crippen molar-refractivity contribution >= 4 is 35.1 Å². The number of hydrogen-bond acceptors (Lipinski definition) is 4. The summed E-state index contributed by atoms with van der Waals surface area (Å²) in [5.74, 6) is -0.666. The third-order valence-corrected chi connectivity index (χ3v) is 2.38. The number of hydrogen-bond donors (Lipinski definition) is 4. The lowest BCUT2D eigenvalue weighted by molar-refractivity contribution is 0.404. The van der Waals surface area contributed by atoms with E-state index in [1.165, 1.54) is 18.3 Å². The summed E-state index contributed by atoms with van der Waals surface area (Å²) < 4.78 is 0. The van der Waals surface area contributed by atoms with Gasteiger partial charge in [-0.15, -0.1) is 6.58 Å². The predicted octanol–water partition coefficient (Wildman–Crippen LogP) is 1.74. The zero-order chi connectivity index (χ0) is 13.5. The molecule has 0 amide bonds. The summed E-state index contributed by atoms with van der Waals surface area (Å²) in [5, 5.41) is 25.7. The van der Waals surface area contributed by atoms with Crippen LogP contribution in [0.1, 0.15) is 5.56 Å². The zero-order valence-corrected chi connectivity index (χ0v) is 10.9. The largest absolute Gasteiger partial charge is 0.504 e. The molecule has 7 heteroatoms. The molecule has 18 heavy (non-hydrogen) atoms. The average molecular weight is 286 g/mol. The summed E-state index contributed by atoms with van der Waals surface area (Å²) in [6, 6.07) is 2.79. The molecule has 1 aromatic carbocycles. The molecule has 0 aliphatic carbocycles. The zero-order valence-electron chi connectivity index (χ0n) is 9.35. The normalized spacial score (nSPS) is 10.3. The van der Waals surface area contributed by atoms with E-state index in [0.29, 0.717) is 17.2 Å². The third kappa shape index (κ3) is 4.23. The minimum Gasteiger partial charge on any atom is -0.504 e. The van der Waals surface area contributed by atoms with Crippen LogP contribution in [0.4, 0.5) is 0 Å². The van der Waals surface area contributed by atoms with Gasteiger partial charge < -0.3 is 15.5 Å². The molecule has 0 spiro atoms. The van der Waals surface area contributed by atoms with Gasteiger partial charge in [-0.2, -0.15) is 5.10 Å². The fourth-order valence-electron chi connectivity index (χ4n) is 1.05. The van der Waals surface area contributed by atoms with Crippen molar-refractivity contribution in [3.63, 3.8) is 0 Å². The first-order valence-electron chi connectivity index (χ1n) is 4.94. The summed E-state index contributed by atoms with van der Waals surface area (Å²) in [7, 11) is 0. The fourth-order valence-corrected chi connectivity index (χ4v) is 1.41. The summed E-state index contributed by atoms with van der Waals surface area (Å²) in [5.41, 5.74) is 3.10. The summed E-state index contributed by atoms with van der Waals surface area (Å²) in [4.78, 5) is 0. The van der Waals surface area contributed by atoms with Gasteiger partial charge in [0.25, 0.3) is 0 Å². The summed E-state index contributed by atoms with van der Waals surface area (Å²) in [6.07, 6.45) is 3.07. The maximum absolute atomic E-state index is 9.34. The van der Waals surface area contributed by atoms with Gasteiger partial charge in [-0.1, -0.05) is 17.7 Å². The lowest BCUT2D eigenvalue weighted by atomic mass is 10.2.